The van der Waals surface area contributed by atoms with Gasteiger partial charge in [0, 0.05) is 34.7 Å². The number of pyridine rings is 2. The molecule has 0 amide bonds. The van der Waals surface area contributed by atoms with Crippen LogP contribution in [0.15, 0.2) is 110 Å². The summed E-state index contributed by atoms with van der Waals surface area (Å²) in [4.78, 5) is 23.3. The quantitative estimate of drug-likeness (QED) is 0.237. The number of hydrogen-bond acceptors (Lipinski definition) is 4. The third-order valence-corrected chi connectivity index (χ3v) is 6.54. The monoisotopic (exact) mass is 504 g/mol. The first-order chi connectivity index (χ1) is 18.5. The zero-order chi connectivity index (χ0) is 26.5. The molecule has 6 nitrogen and oxygen atoms in total. The number of esters is 2. The van der Waals surface area contributed by atoms with Gasteiger partial charge >= 0.3 is 11.9 Å². The van der Waals surface area contributed by atoms with E-state index in [0.717, 1.165) is 27.6 Å². The molecule has 0 aliphatic heterocycles. The molecule has 0 saturated heterocycles. The highest BCUT2D eigenvalue weighted by atomic mass is 16.5. The number of methoxy groups -OCH3 is 2. The number of nitrogens with zero attached hydrogens (tertiary/aromatic N) is 2. The van der Waals surface area contributed by atoms with Crippen LogP contribution in [-0.4, -0.2) is 26.2 Å². The molecule has 0 bridgehead atoms. The van der Waals surface area contributed by atoms with E-state index < -0.39 is 0 Å². The Balaban J connectivity index is 1.27. The van der Waals surface area contributed by atoms with E-state index in [1.54, 1.807) is 24.3 Å². The van der Waals surface area contributed by atoms with Crippen molar-refractivity contribution in [2.45, 2.75) is 13.1 Å². The summed E-state index contributed by atoms with van der Waals surface area (Å²) in [6.45, 7) is 1.42. The van der Waals surface area contributed by atoms with Crippen LogP contribution >= 0.6 is 0 Å². The van der Waals surface area contributed by atoms with Gasteiger partial charge in [0.2, 0.25) is 0 Å². The summed E-state index contributed by atoms with van der Waals surface area (Å²) in [5.41, 5.74) is 5.61. The molecule has 0 radical (unpaired) electrons. The Bertz CT molecular complexity index is 1590. The Morgan fingerprint density at radius 3 is 1.66 bits per heavy atom. The predicted octanol–water partition coefficient (Wildman–Crippen LogP) is 4.75. The van der Waals surface area contributed by atoms with Gasteiger partial charge in [-0.2, -0.15) is 0 Å². The molecule has 5 rings (SSSR count). The molecule has 0 N–H and O–H groups in total. The lowest BCUT2D eigenvalue weighted by molar-refractivity contribution is -0.688. The van der Waals surface area contributed by atoms with E-state index in [4.69, 9.17) is 9.47 Å². The number of carbonyl (C=O) groups excluding carboxylic acids is 2. The van der Waals surface area contributed by atoms with Crippen molar-refractivity contribution >= 4 is 22.7 Å². The SMILES string of the molecule is COC(=O)c1ccc(C[n+]2ccc(-c3ccc4c[n+](Cc5ccc(C(=O)OC)cc5)ccc4c3)cc2)cc1. The van der Waals surface area contributed by atoms with Crippen LogP contribution in [0.5, 0.6) is 0 Å². The highest BCUT2D eigenvalue weighted by Gasteiger charge is 2.11. The number of aromatic nitrogens is 2. The average molecular weight is 505 g/mol. The lowest BCUT2D eigenvalue weighted by Gasteiger charge is -2.05. The summed E-state index contributed by atoms with van der Waals surface area (Å²) in [5, 5.41) is 2.33. The summed E-state index contributed by atoms with van der Waals surface area (Å²) < 4.78 is 13.8. The van der Waals surface area contributed by atoms with Crippen molar-refractivity contribution in [3.8, 4) is 11.1 Å². The second-order valence-electron chi connectivity index (χ2n) is 9.10. The zero-order valence-electron chi connectivity index (χ0n) is 21.3. The number of benzene rings is 3. The lowest BCUT2D eigenvalue weighted by Crippen LogP contribution is -2.33. The van der Waals surface area contributed by atoms with E-state index in [-0.39, 0.29) is 11.9 Å². The summed E-state index contributed by atoms with van der Waals surface area (Å²) in [6, 6.07) is 27.8. The van der Waals surface area contributed by atoms with Crippen LogP contribution in [0.1, 0.15) is 31.8 Å². The van der Waals surface area contributed by atoms with Gasteiger partial charge in [-0.05, 0) is 52.9 Å². The molecular weight excluding hydrogens is 476 g/mol. The summed E-state index contributed by atoms with van der Waals surface area (Å²) in [5.74, 6) is -0.656. The van der Waals surface area contributed by atoms with E-state index in [1.807, 2.05) is 24.3 Å². The van der Waals surface area contributed by atoms with Crippen molar-refractivity contribution in [2.75, 3.05) is 14.2 Å². The highest BCUT2D eigenvalue weighted by Crippen LogP contribution is 2.23. The Morgan fingerprint density at radius 1 is 0.579 bits per heavy atom. The van der Waals surface area contributed by atoms with Crippen molar-refractivity contribution in [3.05, 3.63) is 132 Å². The Labute approximate surface area is 221 Å². The largest absolute Gasteiger partial charge is 0.465 e. The maximum atomic E-state index is 11.6. The normalized spacial score (nSPS) is 10.8. The number of hydrogen-bond donors (Lipinski definition) is 0. The Hall–Kier alpha value is -4.84. The van der Waals surface area contributed by atoms with Gasteiger partial charge in [-0.15, -0.1) is 0 Å². The van der Waals surface area contributed by atoms with E-state index in [2.05, 4.69) is 70.3 Å². The maximum Gasteiger partial charge on any atom is 0.337 e. The summed E-state index contributed by atoms with van der Waals surface area (Å²) in [6.07, 6.45) is 8.35. The van der Waals surface area contributed by atoms with Gasteiger partial charge in [0.05, 0.1) is 25.3 Å². The average Bonchev–Trinajstić information content (AvgIpc) is 2.97. The van der Waals surface area contributed by atoms with Crippen LogP contribution in [0.25, 0.3) is 21.9 Å². The Kier molecular flexibility index (Phi) is 7.22. The predicted molar refractivity (Wildman–Crippen MR) is 144 cm³/mol. The van der Waals surface area contributed by atoms with Crippen LogP contribution in [0.3, 0.4) is 0 Å². The molecule has 38 heavy (non-hydrogen) atoms. The Morgan fingerprint density at radius 2 is 1.11 bits per heavy atom. The number of carbonyl (C=O) groups is 2. The molecule has 2 aromatic heterocycles. The molecule has 0 unspecified atom stereocenters. The number of fused-ring (bicyclic) bond motifs is 1. The van der Waals surface area contributed by atoms with Crippen molar-refractivity contribution < 1.29 is 28.2 Å². The number of ether oxygens (including phenoxy) is 2. The third kappa shape index (κ3) is 5.60. The first-order valence-corrected chi connectivity index (χ1v) is 12.3. The van der Waals surface area contributed by atoms with Crippen LogP contribution in [0.2, 0.25) is 0 Å². The molecule has 0 fully saturated rings. The van der Waals surface area contributed by atoms with E-state index in [9.17, 15) is 9.59 Å². The molecule has 2 heterocycles. The van der Waals surface area contributed by atoms with Crippen LogP contribution in [-0.2, 0) is 22.6 Å². The molecule has 3 aromatic carbocycles. The molecule has 0 atom stereocenters. The molecule has 188 valence electrons. The second-order valence-corrected chi connectivity index (χ2v) is 9.10. The minimum Gasteiger partial charge on any atom is -0.465 e. The fourth-order valence-electron chi connectivity index (χ4n) is 4.42. The fourth-order valence-corrected chi connectivity index (χ4v) is 4.42. The van der Waals surface area contributed by atoms with Crippen molar-refractivity contribution in [1.29, 1.82) is 0 Å². The van der Waals surface area contributed by atoms with Gasteiger partial charge in [0.15, 0.2) is 37.9 Å². The van der Waals surface area contributed by atoms with Crippen LogP contribution < -0.4 is 9.13 Å². The first-order valence-electron chi connectivity index (χ1n) is 12.3. The molecule has 0 aliphatic rings. The van der Waals surface area contributed by atoms with Crippen LogP contribution in [0, 0.1) is 0 Å². The zero-order valence-corrected chi connectivity index (χ0v) is 21.3. The molecular formula is C32H28N2O4+2. The lowest BCUT2D eigenvalue weighted by atomic mass is 10.0. The molecule has 0 saturated carbocycles. The minimum absolute atomic E-state index is 0.328. The van der Waals surface area contributed by atoms with E-state index in [0.29, 0.717) is 24.2 Å². The second kappa shape index (κ2) is 11.0. The van der Waals surface area contributed by atoms with Gasteiger partial charge in [-0.3, -0.25) is 0 Å². The van der Waals surface area contributed by atoms with Gasteiger partial charge in [-0.1, -0.05) is 30.3 Å². The van der Waals surface area contributed by atoms with Crippen LogP contribution in [0.4, 0.5) is 0 Å². The van der Waals surface area contributed by atoms with Gasteiger partial charge < -0.3 is 9.47 Å². The molecule has 6 heteroatoms. The first kappa shape index (κ1) is 24.8. The van der Waals surface area contributed by atoms with E-state index in [1.165, 1.54) is 19.6 Å². The van der Waals surface area contributed by atoms with Gasteiger partial charge in [0.25, 0.3) is 0 Å². The third-order valence-electron chi connectivity index (χ3n) is 6.54. The topological polar surface area (TPSA) is 60.4 Å². The van der Waals surface area contributed by atoms with Crippen molar-refractivity contribution in [2.24, 2.45) is 0 Å². The van der Waals surface area contributed by atoms with Crippen molar-refractivity contribution in [3.63, 3.8) is 0 Å². The molecule has 5 aromatic rings. The smallest absolute Gasteiger partial charge is 0.337 e. The minimum atomic E-state index is -0.328. The summed E-state index contributed by atoms with van der Waals surface area (Å²) >= 11 is 0. The number of rotatable bonds is 7. The highest BCUT2D eigenvalue weighted by molar-refractivity contribution is 5.89. The molecule has 0 spiro atoms. The standard InChI is InChI=1S/C32H28N2O4/c1-37-31(35)26-7-3-23(4-8-26)20-33-16-13-25(14-17-33)28-11-12-30-22-34(18-15-29(30)19-28)21-24-5-9-27(10-6-24)32(36)38-2/h3-19,22H,20-21H2,1-2H3/q+2. The molecule has 0 aliphatic carbocycles. The van der Waals surface area contributed by atoms with Crippen molar-refractivity contribution in [1.82, 2.24) is 0 Å². The summed E-state index contributed by atoms with van der Waals surface area (Å²) in [7, 11) is 2.77. The maximum absolute atomic E-state index is 11.6. The van der Waals surface area contributed by atoms with E-state index >= 15 is 0 Å². The van der Waals surface area contributed by atoms with Gasteiger partial charge in [-0.25, -0.2) is 18.7 Å². The fraction of sp³-hybridized carbons (Fsp3) is 0.125. The van der Waals surface area contributed by atoms with Gasteiger partial charge in [0.1, 0.15) is 0 Å².